The molecule has 164 valence electrons. The Labute approximate surface area is 184 Å². The molecule has 9 nitrogen and oxygen atoms in total. The number of nitrogens with zero attached hydrogens (tertiary/aromatic N) is 3. The minimum absolute atomic E-state index is 0.123. The van der Waals surface area contributed by atoms with E-state index in [9.17, 15) is 13.2 Å². The molecule has 2 aromatic heterocycles. The van der Waals surface area contributed by atoms with Crippen molar-refractivity contribution in [1.82, 2.24) is 14.4 Å². The van der Waals surface area contributed by atoms with E-state index in [1.807, 2.05) is 6.07 Å². The molecule has 31 heavy (non-hydrogen) atoms. The number of thiophene rings is 1. The molecule has 3 aromatic rings. The predicted molar refractivity (Wildman–Crippen MR) is 115 cm³/mol. The minimum atomic E-state index is -3.73. The minimum Gasteiger partial charge on any atom is -0.495 e. The number of nitrogens with one attached hydrogen (secondary N) is 1. The molecule has 11 heteroatoms. The van der Waals surface area contributed by atoms with Gasteiger partial charge < -0.3 is 14.6 Å². The molecule has 1 amide bonds. The van der Waals surface area contributed by atoms with Crippen LogP contribution < -0.4 is 10.1 Å². The molecule has 1 fully saturated rings. The third-order valence-corrected chi connectivity index (χ3v) is 8.36. The first-order valence-electron chi connectivity index (χ1n) is 9.71. The van der Waals surface area contributed by atoms with Gasteiger partial charge in [-0.15, -0.1) is 11.3 Å². The number of aromatic nitrogens is 2. The fourth-order valence-electron chi connectivity index (χ4n) is 3.47. The highest BCUT2D eigenvalue weighted by atomic mass is 32.2. The molecule has 1 atom stereocenters. The SMILES string of the molecule is COc1ccccc1NC(=O)[C@@H]1CCCN(S(=O)(=O)c2cc(-c3noc(C)n3)cs2)C1. The average Bonchev–Trinajstić information content (AvgIpc) is 3.44. The Morgan fingerprint density at radius 2 is 2.16 bits per heavy atom. The summed E-state index contributed by atoms with van der Waals surface area (Å²) in [5.74, 6) is 0.638. The van der Waals surface area contributed by atoms with E-state index >= 15 is 0 Å². The maximum atomic E-state index is 13.2. The number of benzene rings is 1. The Hall–Kier alpha value is -2.76. The second kappa shape index (κ2) is 8.77. The molecular formula is C20H22N4O5S2. The van der Waals surface area contributed by atoms with E-state index in [-0.39, 0.29) is 16.7 Å². The van der Waals surface area contributed by atoms with Gasteiger partial charge in [0, 0.05) is 31.0 Å². The van der Waals surface area contributed by atoms with E-state index in [2.05, 4.69) is 15.5 Å². The highest BCUT2D eigenvalue weighted by Crippen LogP contribution is 2.32. The lowest BCUT2D eigenvalue weighted by Crippen LogP contribution is -2.43. The number of hydrogen-bond donors (Lipinski definition) is 1. The maximum Gasteiger partial charge on any atom is 0.252 e. The summed E-state index contributed by atoms with van der Waals surface area (Å²) in [6.45, 7) is 2.16. The van der Waals surface area contributed by atoms with Crippen LogP contribution in [0.2, 0.25) is 0 Å². The first-order valence-corrected chi connectivity index (χ1v) is 12.0. The Balaban J connectivity index is 1.48. The highest BCUT2D eigenvalue weighted by Gasteiger charge is 2.34. The molecule has 0 unspecified atom stereocenters. The van der Waals surface area contributed by atoms with Crippen molar-refractivity contribution < 1.29 is 22.5 Å². The van der Waals surface area contributed by atoms with Crippen molar-refractivity contribution in [3.63, 3.8) is 0 Å². The lowest BCUT2D eigenvalue weighted by molar-refractivity contribution is -0.120. The summed E-state index contributed by atoms with van der Waals surface area (Å²) in [5.41, 5.74) is 1.15. The quantitative estimate of drug-likeness (QED) is 0.598. The Morgan fingerprint density at radius 3 is 2.90 bits per heavy atom. The van der Waals surface area contributed by atoms with Gasteiger partial charge >= 0.3 is 0 Å². The van der Waals surface area contributed by atoms with Crippen molar-refractivity contribution in [1.29, 1.82) is 0 Å². The van der Waals surface area contributed by atoms with Crippen LogP contribution in [0.15, 0.2) is 44.4 Å². The highest BCUT2D eigenvalue weighted by molar-refractivity contribution is 7.91. The first-order chi connectivity index (χ1) is 14.9. The number of sulfonamides is 1. The van der Waals surface area contributed by atoms with Gasteiger partial charge in [-0.05, 0) is 31.0 Å². The smallest absolute Gasteiger partial charge is 0.252 e. The Bertz CT molecular complexity index is 1190. The van der Waals surface area contributed by atoms with Crippen molar-refractivity contribution in [2.75, 3.05) is 25.5 Å². The van der Waals surface area contributed by atoms with Crippen molar-refractivity contribution in [3.05, 3.63) is 41.6 Å². The number of methoxy groups -OCH3 is 1. The van der Waals surface area contributed by atoms with Crippen molar-refractivity contribution in [2.24, 2.45) is 5.92 Å². The summed E-state index contributed by atoms with van der Waals surface area (Å²) < 4.78 is 38.2. The lowest BCUT2D eigenvalue weighted by atomic mass is 9.98. The van der Waals surface area contributed by atoms with Crippen LogP contribution in [0.5, 0.6) is 5.75 Å². The number of piperidine rings is 1. The standard InChI is InChI=1S/C20H22N4O5S2/c1-13-21-19(23-29-13)15-10-18(30-12-15)31(26,27)24-9-5-6-14(11-24)20(25)22-16-7-3-4-8-17(16)28-2/h3-4,7-8,10,12,14H,5-6,9,11H2,1-2H3,(H,22,25)/t14-/m1/s1. The number of hydrogen-bond acceptors (Lipinski definition) is 8. The van der Waals surface area contributed by atoms with Crippen LogP contribution in [-0.2, 0) is 14.8 Å². The molecule has 0 radical (unpaired) electrons. The van der Waals surface area contributed by atoms with Crippen molar-refractivity contribution in [3.8, 4) is 17.1 Å². The molecule has 0 spiro atoms. The number of amides is 1. The van der Waals surface area contributed by atoms with Crippen LogP contribution in [-0.4, -0.2) is 49.0 Å². The fraction of sp³-hybridized carbons (Fsp3) is 0.350. The van der Waals surface area contributed by atoms with E-state index in [1.165, 1.54) is 11.4 Å². The third-order valence-electron chi connectivity index (χ3n) is 5.08. The van der Waals surface area contributed by atoms with Gasteiger partial charge in [0.05, 0.1) is 18.7 Å². The number of ether oxygens (including phenoxy) is 1. The molecule has 1 N–H and O–H groups in total. The zero-order chi connectivity index (χ0) is 22.0. The molecule has 1 aliphatic rings. The van der Waals surface area contributed by atoms with Crippen LogP contribution in [0.25, 0.3) is 11.4 Å². The second-order valence-corrected chi connectivity index (χ2v) is 10.3. The molecule has 1 aromatic carbocycles. The maximum absolute atomic E-state index is 13.2. The number of carbonyl (C=O) groups excluding carboxylic acids is 1. The van der Waals surface area contributed by atoms with Gasteiger partial charge in [0.25, 0.3) is 10.0 Å². The number of anilines is 1. The number of para-hydroxylation sites is 2. The second-order valence-electron chi connectivity index (χ2n) is 7.18. The van der Waals surface area contributed by atoms with Gasteiger partial charge in [0.15, 0.2) is 0 Å². The van der Waals surface area contributed by atoms with Crippen LogP contribution in [0.4, 0.5) is 5.69 Å². The molecule has 0 aliphatic carbocycles. The summed E-state index contributed by atoms with van der Waals surface area (Å²) in [5, 5.41) is 8.38. The summed E-state index contributed by atoms with van der Waals surface area (Å²) in [4.78, 5) is 17.0. The summed E-state index contributed by atoms with van der Waals surface area (Å²) in [6, 6.07) is 8.67. The number of aryl methyl sites for hydroxylation is 1. The summed E-state index contributed by atoms with van der Waals surface area (Å²) >= 11 is 1.10. The largest absolute Gasteiger partial charge is 0.495 e. The molecule has 0 saturated carbocycles. The first kappa shape index (κ1) is 21.5. The van der Waals surface area contributed by atoms with Crippen LogP contribution >= 0.6 is 11.3 Å². The summed E-state index contributed by atoms with van der Waals surface area (Å²) in [7, 11) is -2.20. The Morgan fingerprint density at radius 1 is 1.35 bits per heavy atom. The van der Waals surface area contributed by atoms with E-state index in [1.54, 1.807) is 36.6 Å². The zero-order valence-corrected chi connectivity index (χ0v) is 18.7. The molecule has 1 aliphatic heterocycles. The average molecular weight is 463 g/mol. The zero-order valence-electron chi connectivity index (χ0n) is 17.1. The Kier molecular flexibility index (Phi) is 6.08. The van der Waals surface area contributed by atoms with Gasteiger partial charge in [-0.2, -0.15) is 9.29 Å². The van der Waals surface area contributed by atoms with Crippen LogP contribution in [0, 0.1) is 12.8 Å². The topological polar surface area (TPSA) is 115 Å². The molecule has 3 heterocycles. The van der Waals surface area contributed by atoms with Crippen molar-refractivity contribution in [2.45, 2.75) is 24.0 Å². The van der Waals surface area contributed by atoms with Gasteiger partial charge in [0.1, 0.15) is 9.96 Å². The summed E-state index contributed by atoms with van der Waals surface area (Å²) in [6.07, 6.45) is 1.22. The fourth-order valence-corrected chi connectivity index (χ4v) is 6.30. The van der Waals surface area contributed by atoms with Crippen molar-refractivity contribution >= 4 is 33.0 Å². The molecule has 1 saturated heterocycles. The third kappa shape index (κ3) is 4.48. The van der Waals surface area contributed by atoms with Gasteiger partial charge in [0.2, 0.25) is 17.6 Å². The lowest BCUT2D eigenvalue weighted by Gasteiger charge is -2.30. The molecular weight excluding hydrogens is 440 g/mol. The van der Waals surface area contributed by atoms with Crippen LogP contribution in [0.3, 0.4) is 0 Å². The monoisotopic (exact) mass is 462 g/mol. The van der Waals surface area contributed by atoms with E-state index < -0.39 is 15.9 Å². The van der Waals surface area contributed by atoms with Gasteiger partial charge in [-0.1, -0.05) is 17.3 Å². The van der Waals surface area contributed by atoms with E-state index in [4.69, 9.17) is 9.26 Å². The number of carbonyl (C=O) groups is 1. The predicted octanol–water partition coefficient (Wildman–Crippen LogP) is 3.15. The van der Waals surface area contributed by atoms with E-state index in [0.717, 1.165) is 11.3 Å². The van der Waals surface area contributed by atoms with Crippen LogP contribution in [0.1, 0.15) is 18.7 Å². The molecule has 0 bridgehead atoms. The van der Waals surface area contributed by atoms with Gasteiger partial charge in [-0.25, -0.2) is 8.42 Å². The number of rotatable bonds is 6. The normalized spacial score (nSPS) is 17.4. The molecule has 4 rings (SSSR count). The van der Waals surface area contributed by atoms with E-state index in [0.29, 0.717) is 48.1 Å². The van der Waals surface area contributed by atoms with Gasteiger partial charge in [-0.3, -0.25) is 4.79 Å².